The van der Waals surface area contributed by atoms with Crippen LogP contribution in [-0.4, -0.2) is 5.91 Å². The predicted molar refractivity (Wildman–Crippen MR) is 57.6 cm³/mol. The number of nitrogens with one attached hydrogen (secondary N) is 1. The fourth-order valence-corrected chi connectivity index (χ4v) is 1.89. The molecule has 1 aliphatic rings. The minimum absolute atomic E-state index is 0.162. The number of amides is 1. The first kappa shape index (κ1) is 12.0. The highest BCUT2D eigenvalue weighted by Gasteiger charge is 2.36. The smallest absolute Gasteiger partial charge is 0.325 e. The van der Waals surface area contributed by atoms with Crippen molar-refractivity contribution in [2.45, 2.75) is 26.4 Å². The van der Waals surface area contributed by atoms with Gasteiger partial charge < -0.3 is 5.32 Å². The molecule has 1 N–H and O–H groups in total. The van der Waals surface area contributed by atoms with E-state index in [0.717, 1.165) is 12.1 Å². The van der Waals surface area contributed by atoms with E-state index in [9.17, 15) is 18.0 Å². The summed E-state index contributed by atoms with van der Waals surface area (Å²) in [6.07, 6.45) is -4.03. The van der Waals surface area contributed by atoms with Crippen molar-refractivity contribution < 1.29 is 18.0 Å². The second kappa shape index (κ2) is 3.48. The first-order valence-electron chi connectivity index (χ1n) is 5.22. The van der Waals surface area contributed by atoms with Crippen LogP contribution in [0.3, 0.4) is 0 Å². The molecule has 0 aliphatic carbocycles. The fourth-order valence-electron chi connectivity index (χ4n) is 1.89. The zero-order valence-corrected chi connectivity index (χ0v) is 9.48. The van der Waals surface area contributed by atoms with Crippen LogP contribution in [0.15, 0.2) is 18.2 Å². The molecule has 92 valence electrons. The van der Waals surface area contributed by atoms with Crippen LogP contribution in [-0.2, 0) is 17.4 Å². The van der Waals surface area contributed by atoms with Crippen LogP contribution in [0.25, 0.3) is 0 Å². The van der Waals surface area contributed by atoms with Crippen molar-refractivity contribution in [2.24, 2.45) is 5.41 Å². The molecule has 0 fully saturated rings. The lowest BCUT2D eigenvalue weighted by atomic mass is 9.81. The van der Waals surface area contributed by atoms with Crippen LogP contribution in [0.5, 0.6) is 0 Å². The maximum Gasteiger partial charge on any atom is 0.416 e. The van der Waals surface area contributed by atoms with Crippen molar-refractivity contribution in [3.8, 4) is 0 Å². The normalized spacial score (nSPS) is 18.5. The molecule has 1 aromatic carbocycles. The minimum atomic E-state index is -4.35. The molecule has 0 radical (unpaired) electrons. The van der Waals surface area contributed by atoms with E-state index in [1.165, 1.54) is 6.07 Å². The van der Waals surface area contributed by atoms with Gasteiger partial charge in [-0.3, -0.25) is 4.79 Å². The Hall–Kier alpha value is -1.52. The van der Waals surface area contributed by atoms with Gasteiger partial charge in [-0.05, 0) is 30.2 Å². The third kappa shape index (κ3) is 2.14. The number of halogens is 3. The molecule has 1 amide bonds. The van der Waals surface area contributed by atoms with E-state index in [1.807, 2.05) is 0 Å². The van der Waals surface area contributed by atoms with E-state index >= 15 is 0 Å². The van der Waals surface area contributed by atoms with Gasteiger partial charge in [0.1, 0.15) is 0 Å². The van der Waals surface area contributed by atoms with E-state index in [2.05, 4.69) is 5.32 Å². The van der Waals surface area contributed by atoms with Crippen LogP contribution in [0.4, 0.5) is 18.9 Å². The Morgan fingerprint density at radius 2 is 1.94 bits per heavy atom. The van der Waals surface area contributed by atoms with E-state index in [1.54, 1.807) is 13.8 Å². The number of rotatable bonds is 0. The Balaban J connectivity index is 2.45. The maximum atomic E-state index is 12.5. The first-order valence-corrected chi connectivity index (χ1v) is 5.22. The number of anilines is 1. The van der Waals surface area contributed by atoms with Gasteiger partial charge in [0.05, 0.1) is 5.56 Å². The number of hydrogen-bond acceptors (Lipinski definition) is 1. The second-order valence-electron chi connectivity index (χ2n) is 4.88. The van der Waals surface area contributed by atoms with Gasteiger partial charge in [0, 0.05) is 11.1 Å². The molecule has 0 bridgehead atoms. The number of benzene rings is 1. The van der Waals surface area contributed by atoms with Gasteiger partial charge in [0.25, 0.3) is 0 Å². The molecule has 0 aromatic heterocycles. The first-order chi connectivity index (χ1) is 7.70. The van der Waals surface area contributed by atoms with Gasteiger partial charge in [0.2, 0.25) is 5.91 Å². The van der Waals surface area contributed by atoms with Crippen molar-refractivity contribution in [2.75, 3.05) is 5.32 Å². The monoisotopic (exact) mass is 243 g/mol. The van der Waals surface area contributed by atoms with Crippen molar-refractivity contribution in [3.63, 3.8) is 0 Å². The summed E-state index contributed by atoms with van der Waals surface area (Å²) < 4.78 is 37.6. The second-order valence-corrected chi connectivity index (χ2v) is 4.88. The van der Waals surface area contributed by atoms with E-state index in [-0.39, 0.29) is 5.91 Å². The summed E-state index contributed by atoms with van der Waals surface area (Å²) in [5.41, 5.74) is -0.341. The molecule has 2 nitrogen and oxygen atoms in total. The topological polar surface area (TPSA) is 29.1 Å². The highest BCUT2D eigenvalue weighted by atomic mass is 19.4. The minimum Gasteiger partial charge on any atom is -0.325 e. The van der Waals surface area contributed by atoms with E-state index < -0.39 is 17.2 Å². The summed E-state index contributed by atoms with van der Waals surface area (Å²) in [6, 6.07) is 3.40. The number of alkyl halides is 3. The number of hydrogen-bond donors (Lipinski definition) is 1. The summed E-state index contributed by atoms with van der Waals surface area (Å²) >= 11 is 0. The van der Waals surface area contributed by atoms with E-state index in [0.29, 0.717) is 17.7 Å². The Bertz CT molecular complexity index is 477. The van der Waals surface area contributed by atoms with Crippen LogP contribution >= 0.6 is 0 Å². The van der Waals surface area contributed by atoms with Gasteiger partial charge in [-0.1, -0.05) is 13.8 Å². The zero-order valence-electron chi connectivity index (χ0n) is 9.48. The lowest BCUT2D eigenvalue weighted by Gasteiger charge is -2.30. The van der Waals surface area contributed by atoms with Gasteiger partial charge in [-0.15, -0.1) is 0 Å². The SMILES string of the molecule is CC1(C)Cc2cc(C(F)(F)F)ccc2NC1=O. The van der Waals surface area contributed by atoms with Crippen LogP contribution in [0.2, 0.25) is 0 Å². The third-order valence-electron chi connectivity index (χ3n) is 2.93. The molecule has 5 heteroatoms. The quantitative estimate of drug-likeness (QED) is 0.744. The Labute approximate surface area is 96.8 Å². The van der Waals surface area contributed by atoms with Crippen LogP contribution < -0.4 is 5.32 Å². The molecule has 17 heavy (non-hydrogen) atoms. The lowest BCUT2D eigenvalue weighted by molar-refractivity contribution is -0.137. The van der Waals surface area contributed by atoms with Crippen molar-refractivity contribution in [1.29, 1.82) is 0 Å². The largest absolute Gasteiger partial charge is 0.416 e. The molecule has 1 heterocycles. The average molecular weight is 243 g/mol. The molecule has 0 unspecified atom stereocenters. The summed E-state index contributed by atoms with van der Waals surface area (Å²) in [6.45, 7) is 3.43. The Kier molecular flexibility index (Phi) is 2.45. The van der Waals surface area contributed by atoms with Gasteiger partial charge >= 0.3 is 6.18 Å². The molecule has 1 aromatic rings. The fraction of sp³-hybridized carbons (Fsp3) is 0.417. The van der Waals surface area contributed by atoms with Crippen molar-refractivity contribution in [1.82, 2.24) is 0 Å². The van der Waals surface area contributed by atoms with Crippen LogP contribution in [0.1, 0.15) is 25.0 Å². The summed E-state index contributed by atoms with van der Waals surface area (Å²) in [5.74, 6) is -0.162. The van der Waals surface area contributed by atoms with Gasteiger partial charge in [-0.25, -0.2) is 0 Å². The maximum absolute atomic E-state index is 12.5. The highest BCUT2D eigenvalue weighted by molar-refractivity contribution is 5.98. The number of carbonyl (C=O) groups is 1. The summed E-state index contributed by atoms with van der Waals surface area (Å²) in [5, 5.41) is 2.62. The predicted octanol–water partition coefficient (Wildman–Crippen LogP) is 3.23. The molecule has 2 rings (SSSR count). The summed E-state index contributed by atoms with van der Waals surface area (Å²) in [4.78, 5) is 11.6. The van der Waals surface area contributed by atoms with Gasteiger partial charge in [0.15, 0.2) is 0 Å². The third-order valence-corrected chi connectivity index (χ3v) is 2.93. The molecular formula is C12H12F3NO. The highest BCUT2D eigenvalue weighted by Crippen LogP contribution is 2.37. The number of carbonyl (C=O) groups excluding carboxylic acids is 1. The molecular weight excluding hydrogens is 231 g/mol. The molecule has 0 saturated heterocycles. The average Bonchev–Trinajstić information content (AvgIpc) is 2.17. The van der Waals surface area contributed by atoms with Crippen LogP contribution in [0, 0.1) is 5.41 Å². The lowest BCUT2D eigenvalue weighted by Crippen LogP contribution is -2.37. The van der Waals surface area contributed by atoms with Gasteiger partial charge in [-0.2, -0.15) is 13.2 Å². The van der Waals surface area contributed by atoms with Crippen molar-refractivity contribution >= 4 is 11.6 Å². The summed E-state index contributed by atoms with van der Waals surface area (Å²) in [7, 11) is 0. The molecule has 1 aliphatic heterocycles. The zero-order chi connectivity index (χ0) is 12.8. The standard InChI is InChI=1S/C12H12F3NO/c1-11(2)6-7-5-8(12(13,14)15)3-4-9(7)16-10(11)17/h3-5H,6H2,1-2H3,(H,16,17). The molecule has 0 spiro atoms. The Morgan fingerprint density at radius 3 is 2.53 bits per heavy atom. The van der Waals surface area contributed by atoms with E-state index in [4.69, 9.17) is 0 Å². The molecule has 0 saturated carbocycles. The number of fused-ring (bicyclic) bond motifs is 1. The van der Waals surface area contributed by atoms with Crippen molar-refractivity contribution in [3.05, 3.63) is 29.3 Å². The Morgan fingerprint density at radius 1 is 1.29 bits per heavy atom. The molecule has 0 atom stereocenters.